The van der Waals surface area contributed by atoms with E-state index in [1.807, 2.05) is 0 Å². The SMILES string of the molecule is O=C(Nc1ccc(C(F)(F)F)cc1)Nc1cc(C(=O)OC2CCCC2)c2cc[nH]c2c1. The summed E-state index contributed by atoms with van der Waals surface area (Å²) in [4.78, 5) is 28.0. The number of urea groups is 1. The summed E-state index contributed by atoms with van der Waals surface area (Å²) in [7, 11) is 0. The topological polar surface area (TPSA) is 83.2 Å². The van der Waals surface area contributed by atoms with Crippen molar-refractivity contribution >= 4 is 34.3 Å². The highest BCUT2D eigenvalue weighted by Crippen LogP contribution is 2.30. The van der Waals surface area contributed by atoms with Gasteiger partial charge in [0.2, 0.25) is 0 Å². The van der Waals surface area contributed by atoms with Crippen molar-refractivity contribution in [1.82, 2.24) is 4.98 Å². The Kier molecular flexibility index (Phi) is 5.58. The highest BCUT2D eigenvalue weighted by molar-refractivity contribution is 6.07. The smallest absolute Gasteiger partial charge is 0.416 e. The largest absolute Gasteiger partial charge is 0.459 e. The third-order valence-corrected chi connectivity index (χ3v) is 5.19. The minimum atomic E-state index is -4.45. The number of H-pyrrole nitrogens is 1. The van der Waals surface area contributed by atoms with E-state index in [0.717, 1.165) is 37.8 Å². The number of halogens is 3. The van der Waals surface area contributed by atoms with E-state index < -0.39 is 23.7 Å². The maximum Gasteiger partial charge on any atom is 0.416 e. The van der Waals surface area contributed by atoms with E-state index in [9.17, 15) is 22.8 Å². The van der Waals surface area contributed by atoms with Crippen molar-refractivity contribution < 1.29 is 27.5 Å². The molecule has 6 nitrogen and oxygen atoms in total. The molecular formula is C22H20F3N3O3. The molecule has 1 aliphatic carbocycles. The van der Waals surface area contributed by atoms with Crippen LogP contribution in [0.25, 0.3) is 10.9 Å². The van der Waals surface area contributed by atoms with Crippen LogP contribution in [-0.2, 0) is 10.9 Å². The summed E-state index contributed by atoms with van der Waals surface area (Å²) < 4.78 is 43.6. The maximum absolute atomic E-state index is 12.7. The zero-order valence-electron chi connectivity index (χ0n) is 16.4. The molecule has 4 rings (SSSR count). The number of carbonyl (C=O) groups is 2. The molecule has 1 aromatic heterocycles. The first-order valence-electron chi connectivity index (χ1n) is 9.87. The van der Waals surface area contributed by atoms with Gasteiger partial charge < -0.3 is 20.4 Å². The van der Waals surface area contributed by atoms with E-state index in [0.29, 0.717) is 22.2 Å². The summed E-state index contributed by atoms with van der Waals surface area (Å²) in [6.45, 7) is 0. The van der Waals surface area contributed by atoms with Gasteiger partial charge in [0.1, 0.15) is 6.10 Å². The number of carbonyl (C=O) groups excluding carboxylic acids is 2. The van der Waals surface area contributed by atoms with Crippen molar-refractivity contribution in [2.24, 2.45) is 0 Å². The van der Waals surface area contributed by atoms with Gasteiger partial charge >= 0.3 is 18.2 Å². The number of anilines is 2. The van der Waals surface area contributed by atoms with Crippen molar-refractivity contribution in [2.75, 3.05) is 10.6 Å². The van der Waals surface area contributed by atoms with Crippen LogP contribution in [0.4, 0.5) is 29.3 Å². The molecule has 3 aromatic rings. The molecule has 162 valence electrons. The quantitative estimate of drug-likeness (QED) is 0.448. The molecule has 3 N–H and O–H groups in total. The van der Waals surface area contributed by atoms with Crippen molar-refractivity contribution in [1.29, 1.82) is 0 Å². The molecule has 0 saturated heterocycles. The van der Waals surface area contributed by atoms with Crippen molar-refractivity contribution in [3.05, 3.63) is 59.8 Å². The number of benzene rings is 2. The van der Waals surface area contributed by atoms with Crippen LogP contribution < -0.4 is 10.6 Å². The summed E-state index contributed by atoms with van der Waals surface area (Å²) in [5.74, 6) is -0.455. The summed E-state index contributed by atoms with van der Waals surface area (Å²) in [5.41, 5.74) is 0.715. The number of hydrogen-bond acceptors (Lipinski definition) is 3. The molecule has 0 radical (unpaired) electrons. The average Bonchev–Trinajstić information content (AvgIpc) is 3.38. The van der Waals surface area contributed by atoms with Gasteiger partial charge in [0.25, 0.3) is 0 Å². The normalized spacial score (nSPS) is 14.5. The molecule has 0 spiro atoms. The number of nitrogens with one attached hydrogen (secondary N) is 3. The predicted octanol–water partition coefficient (Wildman–Crippen LogP) is 5.93. The zero-order valence-corrected chi connectivity index (χ0v) is 16.4. The number of ether oxygens (including phenoxy) is 1. The van der Waals surface area contributed by atoms with Crippen LogP contribution in [0.3, 0.4) is 0 Å². The molecule has 0 bridgehead atoms. The standard InChI is InChI=1S/C22H20F3N3O3/c23-22(24,25)13-5-7-14(8-6-13)27-21(30)28-15-11-18(17-9-10-26-19(17)12-15)20(29)31-16-3-1-2-4-16/h5-12,16,26H,1-4H2,(H2,27,28,30). The Morgan fingerprint density at radius 1 is 0.968 bits per heavy atom. The van der Waals surface area contributed by atoms with E-state index in [4.69, 9.17) is 4.74 Å². The second-order valence-corrected chi connectivity index (χ2v) is 7.43. The molecule has 1 aliphatic rings. The third kappa shape index (κ3) is 4.82. The summed E-state index contributed by atoms with van der Waals surface area (Å²) in [6.07, 6.45) is 0.886. The number of fused-ring (bicyclic) bond motifs is 1. The highest BCUT2D eigenvalue weighted by Gasteiger charge is 2.30. The number of rotatable bonds is 4. The van der Waals surface area contributed by atoms with E-state index in [2.05, 4.69) is 15.6 Å². The fourth-order valence-corrected chi connectivity index (χ4v) is 3.67. The van der Waals surface area contributed by atoms with Crippen LogP contribution in [0, 0.1) is 0 Å². The number of aromatic nitrogens is 1. The summed E-state index contributed by atoms with van der Waals surface area (Å²) in [6, 6.07) is 8.40. The van der Waals surface area contributed by atoms with Gasteiger partial charge in [0, 0.05) is 28.5 Å². The van der Waals surface area contributed by atoms with Gasteiger partial charge in [-0.3, -0.25) is 0 Å². The minimum absolute atomic E-state index is 0.0962. The molecule has 0 unspecified atom stereocenters. The van der Waals surface area contributed by atoms with Crippen LogP contribution in [0.2, 0.25) is 0 Å². The Hall–Kier alpha value is -3.49. The maximum atomic E-state index is 12.7. The molecule has 2 amide bonds. The zero-order chi connectivity index (χ0) is 22.0. The molecule has 31 heavy (non-hydrogen) atoms. The number of esters is 1. The van der Waals surface area contributed by atoms with Crippen LogP contribution in [0.15, 0.2) is 48.7 Å². The Balaban J connectivity index is 1.49. The molecule has 1 heterocycles. The van der Waals surface area contributed by atoms with Crippen LogP contribution >= 0.6 is 0 Å². The van der Waals surface area contributed by atoms with E-state index >= 15 is 0 Å². The number of hydrogen-bond donors (Lipinski definition) is 3. The average molecular weight is 431 g/mol. The predicted molar refractivity (Wildman–Crippen MR) is 110 cm³/mol. The van der Waals surface area contributed by atoms with Crippen LogP contribution in [0.1, 0.15) is 41.6 Å². The summed E-state index contributed by atoms with van der Waals surface area (Å²) >= 11 is 0. The highest BCUT2D eigenvalue weighted by atomic mass is 19.4. The Morgan fingerprint density at radius 2 is 1.65 bits per heavy atom. The molecule has 1 saturated carbocycles. The molecule has 0 aliphatic heterocycles. The van der Waals surface area contributed by atoms with E-state index in [-0.39, 0.29) is 11.8 Å². The van der Waals surface area contributed by atoms with Crippen LogP contribution in [0.5, 0.6) is 0 Å². The van der Waals surface area contributed by atoms with Gasteiger partial charge in [-0.1, -0.05) is 0 Å². The molecule has 0 atom stereocenters. The van der Waals surface area contributed by atoms with Gasteiger partial charge in [-0.2, -0.15) is 13.2 Å². The number of amides is 2. The van der Waals surface area contributed by atoms with Gasteiger partial charge in [-0.25, -0.2) is 9.59 Å². The van der Waals surface area contributed by atoms with Crippen LogP contribution in [-0.4, -0.2) is 23.1 Å². The monoisotopic (exact) mass is 431 g/mol. The first-order valence-corrected chi connectivity index (χ1v) is 9.87. The fraction of sp³-hybridized carbons (Fsp3) is 0.273. The Labute approximate surface area is 175 Å². The van der Waals surface area contributed by atoms with E-state index in [1.54, 1.807) is 18.3 Å². The molecule has 1 fully saturated rings. The van der Waals surface area contributed by atoms with Gasteiger partial charge in [-0.05, 0) is 68.1 Å². The van der Waals surface area contributed by atoms with Crippen molar-refractivity contribution in [3.8, 4) is 0 Å². The third-order valence-electron chi connectivity index (χ3n) is 5.19. The first kappa shape index (κ1) is 20.8. The first-order chi connectivity index (χ1) is 14.8. The van der Waals surface area contributed by atoms with Crippen molar-refractivity contribution in [3.63, 3.8) is 0 Å². The van der Waals surface area contributed by atoms with Gasteiger partial charge in [0.05, 0.1) is 11.1 Å². The lowest BCUT2D eigenvalue weighted by Crippen LogP contribution is -2.20. The fourth-order valence-electron chi connectivity index (χ4n) is 3.67. The lowest BCUT2D eigenvalue weighted by Gasteiger charge is -2.14. The number of aromatic amines is 1. The minimum Gasteiger partial charge on any atom is -0.459 e. The lowest BCUT2D eigenvalue weighted by atomic mass is 10.1. The molecule has 9 heteroatoms. The second-order valence-electron chi connectivity index (χ2n) is 7.43. The Bertz CT molecular complexity index is 1100. The van der Waals surface area contributed by atoms with E-state index in [1.165, 1.54) is 18.2 Å². The van der Waals surface area contributed by atoms with Gasteiger partial charge in [0.15, 0.2) is 0 Å². The lowest BCUT2D eigenvalue weighted by molar-refractivity contribution is -0.137. The molecule has 2 aromatic carbocycles. The molecular weight excluding hydrogens is 411 g/mol. The Morgan fingerprint density at radius 3 is 2.32 bits per heavy atom. The second kappa shape index (κ2) is 8.33. The number of alkyl halides is 3. The summed E-state index contributed by atoms with van der Waals surface area (Å²) in [5, 5.41) is 5.76. The van der Waals surface area contributed by atoms with Gasteiger partial charge in [-0.15, -0.1) is 0 Å². The van der Waals surface area contributed by atoms with Crippen molar-refractivity contribution in [2.45, 2.75) is 38.0 Å².